The summed E-state index contributed by atoms with van der Waals surface area (Å²) in [6.45, 7) is 3.31. The first-order chi connectivity index (χ1) is 15.5. The summed E-state index contributed by atoms with van der Waals surface area (Å²) >= 11 is 0. The Morgan fingerprint density at radius 1 is 0.939 bits per heavy atom. The molecule has 0 radical (unpaired) electrons. The second kappa shape index (κ2) is 11.3. The predicted octanol–water partition coefficient (Wildman–Crippen LogP) is 3.77. The van der Waals surface area contributed by atoms with Gasteiger partial charge < -0.3 is 20.5 Å². The smallest absolute Gasteiger partial charge is 0.416 e. The third kappa shape index (κ3) is 8.13. The Kier molecular flexibility index (Phi) is 8.84. The van der Waals surface area contributed by atoms with Crippen LogP contribution in [0.2, 0.25) is 0 Å². The van der Waals surface area contributed by atoms with Gasteiger partial charge in [0.2, 0.25) is 5.91 Å². The molecule has 178 valence electrons. The van der Waals surface area contributed by atoms with E-state index < -0.39 is 47.7 Å². The summed E-state index contributed by atoms with van der Waals surface area (Å²) in [5.41, 5.74) is 0.188. The molecule has 2 amide bonds. The van der Waals surface area contributed by atoms with Gasteiger partial charge in [-0.15, -0.1) is 0 Å². The van der Waals surface area contributed by atoms with Crippen LogP contribution in [0.5, 0.6) is 0 Å². The maximum atomic E-state index is 12.7. The zero-order valence-electron chi connectivity index (χ0n) is 18.1. The zero-order valence-corrected chi connectivity index (χ0v) is 18.1. The minimum Gasteiger partial charge on any atom is -0.480 e. The van der Waals surface area contributed by atoms with Gasteiger partial charge in [-0.3, -0.25) is 4.79 Å². The molecule has 2 atom stereocenters. The number of ether oxygens (including phenoxy) is 1. The number of hydrogen-bond acceptors (Lipinski definition) is 4. The van der Waals surface area contributed by atoms with Crippen molar-refractivity contribution < 1.29 is 37.4 Å². The molecule has 10 heteroatoms. The third-order valence-electron chi connectivity index (χ3n) is 4.77. The Labute approximate surface area is 188 Å². The number of alkyl halides is 3. The lowest BCUT2D eigenvalue weighted by Gasteiger charge is -2.24. The highest BCUT2D eigenvalue weighted by molar-refractivity contribution is 5.89. The van der Waals surface area contributed by atoms with Gasteiger partial charge in [-0.2, -0.15) is 13.2 Å². The van der Waals surface area contributed by atoms with Crippen molar-refractivity contribution in [3.63, 3.8) is 0 Å². The number of benzene rings is 2. The average molecular weight is 466 g/mol. The Morgan fingerprint density at radius 3 is 2.06 bits per heavy atom. The third-order valence-corrected chi connectivity index (χ3v) is 4.77. The van der Waals surface area contributed by atoms with Gasteiger partial charge in [-0.25, -0.2) is 9.59 Å². The molecule has 0 aliphatic rings. The van der Waals surface area contributed by atoms with Crippen molar-refractivity contribution in [2.75, 3.05) is 0 Å². The molecule has 0 aliphatic heterocycles. The van der Waals surface area contributed by atoms with E-state index in [-0.39, 0.29) is 13.0 Å². The van der Waals surface area contributed by atoms with Gasteiger partial charge in [0.25, 0.3) is 0 Å². The summed E-state index contributed by atoms with van der Waals surface area (Å²) < 4.78 is 43.2. The number of rotatable bonds is 9. The molecule has 2 aromatic rings. The number of hydrogen-bond donors (Lipinski definition) is 3. The molecule has 33 heavy (non-hydrogen) atoms. The lowest BCUT2D eigenvalue weighted by atomic mass is 10.0. The molecule has 2 aromatic carbocycles. The molecule has 0 bridgehead atoms. The first-order valence-corrected chi connectivity index (χ1v) is 10.1. The van der Waals surface area contributed by atoms with Crippen molar-refractivity contribution >= 4 is 18.0 Å². The van der Waals surface area contributed by atoms with Crippen LogP contribution in [0.15, 0.2) is 54.6 Å². The van der Waals surface area contributed by atoms with E-state index in [0.717, 1.165) is 29.8 Å². The monoisotopic (exact) mass is 466 g/mol. The second-order valence-electron chi connectivity index (χ2n) is 7.73. The minimum absolute atomic E-state index is 0.00915. The molecule has 0 aromatic heterocycles. The molecule has 0 fully saturated rings. The van der Waals surface area contributed by atoms with E-state index in [1.165, 1.54) is 0 Å². The number of carboxylic acids is 1. The number of halogens is 3. The van der Waals surface area contributed by atoms with Crippen LogP contribution >= 0.6 is 0 Å². The summed E-state index contributed by atoms with van der Waals surface area (Å²) in [5, 5.41) is 14.2. The summed E-state index contributed by atoms with van der Waals surface area (Å²) in [5.74, 6) is -2.51. The molecule has 7 nitrogen and oxygen atoms in total. The van der Waals surface area contributed by atoms with Crippen molar-refractivity contribution in [1.82, 2.24) is 10.6 Å². The van der Waals surface area contributed by atoms with Crippen LogP contribution in [0, 0.1) is 5.92 Å². The molecule has 0 saturated heterocycles. The maximum Gasteiger partial charge on any atom is 0.416 e. The highest BCUT2D eigenvalue weighted by Gasteiger charge is 2.31. The molecule has 0 aliphatic carbocycles. The quantitative estimate of drug-likeness (QED) is 0.522. The SMILES string of the molecule is CC(C)[C@H](NC(=O)OCc1ccccc1)C(=O)N[C@@H](Cc1ccc(C(F)(F)F)cc1)C(=O)O. The Morgan fingerprint density at radius 2 is 1.55 bits per heavy atom. The van der Waals surface area contributed by atoms with E-state index in [4.69, 9.17) is 4.74 Å². The zero-order chi connectivity index (χ0) is 24.6. The average Bonchev–Trinajstić information content (AvgIpc) is 2.75. The first kappa shape index (κ1) is 25.7. The number of aliphatic carboxylic acids is 1. The Bertz CT molecular complexity index is 947. The van der Waals surface area contributed by atoms with Crippen molar-refractivity contribution in [1.29, 1.82) is 0 Å². The van der Waals surface area contributed by atoms with Gasteiger partial charge in [-0.05, 0) is 29.2 Å². The van der Waals surface area contributed by atoms with Gasteiger partial charge >= 0.3 is 18.2 Å². The Balaban J connectivity index is 2.00. The van der Waals surface area contributed by atoms with Crippen molar-refractivity contribution in [2.45, 2.75) is 45.1 Å². The fourth-order valence-electron chi connectivity index (χ4n) is 2.95. The summed E-state index contributed by atoms with van der Waals surface area (Å²) in [7, 11) is 0. The second-order valence-corrected chi connectivity index (χ2v) is 7.73. The molecular formula is C23H25F3N2O5. The van der Waals surface area contributed by atoms with Crippen LogP contribution in [-0.4, -0.2) is 35.2 Å². The number of carboxylic acid groups (broad SMARTS) is 1. The number of alkyl carbamates (subject to hydrolysis) is 1. The molecular weight excluding hydrogens is 441 g/mol. The van der Waals surface area contributed by atoms with E-state index in [0.29, 0.717) is 5.56 Å². The normalized spacial score (nSPS) is 13.2. The largest absolute Gasteiger partial charge is 0.480 e. The van der Waals surface area contributed by atoms with E-state index >= 15 is 0 Å². The van der Waals surface area contributed by atoms with Crippen molar-refractivity contribution in [2.24, 2.45) is 5.92 Å². The lowest BCUT2D eigenvalue weighted by molar-refractivity contribution is -0.142. The van der Waals surface area contributed by atoms with Crippen LogP contribution in [0.4, 0.5) is 18.0 Å². The summed E-state index contributed by atoms with van der Waals surface area (Å²) in [6, 6.07) is 10.4. The molecule has 2 rings (SSSR count). The van der Waals surface area contributed by atoms with Crippen molar-refractivity contribution in [3.05, 3.63) is 71.3 Å². The van der Waals surface area contributed by atoms with Crippen LogP contribution in [0.1, 0.15) is 30.5 Å². The van der Waals surface area contributed by atoms with Gasteiger partial charge in [-0.1, -0.05) is 56.3 Å². The van der Waals surface area contributed by atoms with E-state index in [1.807, 2.05) is 6.07 Å². The number of carbonyl (C=O) groups is 3. The fraction of sp³-hybridized carbons (Fsp3) is 0.348. The maximum absolute atomic E-state index is 12.7. The molecule has 0 unspecified atom stereocenters. The number of nitrogens with one attached hydrogen (secondary N) is 2. The highest BCUT2D eigenvalue weighted by Crippen LogP contribution is 2.29. The lowest BCUT2D eigenvalue weighted by Crippen LogP contribution is -2.54. The summed E-state index contributed by atoms with van der Waals surface area (Å²) in [4.78, 5) is 36.5. The van der Waals surface area contributed by atoms with Crippen LogP contribution < -0.4 is 10.6 Å². The molecule has 3 N–H and O–H groups in total. The van der Waals surface area contributed by atoms with Crippen molar-refractivity contribution in [3.8, 4) is 0 Å². The number of amides is 2. The standard InChI is InChI=1S/C23H25F3N2O5/c1-14(2)19(28-22(32)33-13-16-6-4-3-5-7-16)20(29)27-18(21(30)31)12-15-8-10-17(11-9-15)23(24,25)26/h3-11,14,18-19H,12-13H2,1-2H3,(H,27,29)(H,28,32)(H,30,31)/t18-,19-/m0/s1. The highest BCUT2D eigenvalue weighted by atomic mass is 19.4. The molecule has 0 saturated carbocycles. The van der Waals surface area contributed by atoms with Gasteiger partial charge in [0.15, 0.2) is 0 Å². The Hall–Kier alpha value is -3.56. The van der Waals surface area contributed by atoms with Crippen LogP contribution in [0.25, 0.3) is 0 Å². The van der Waals surface area contributed by atoms with E-state index in [9.17, 15) is 32.7 Å². The van der Waals surface area contributed by atoms with Crippen LogP contribution in [-0.2, 0) is 33.5 Å². The van der Waals surface area contributed by atoms with Gasteiger partial charge in [0.1, 0.15) is 18.7 Å². The molecule has 0 heterocycles. The van der Waals surface area contributed by atoms with E-state index in [2.05, 4.69) is 10.6 Å². The van der Waals surface area contributed by atoms with E-state index in [1.54, 1.807) is 38.1 Å². The number of carbonyl (C=O) groups excluding carboxylic acids is 2. The van der Waals surface area contributed by atoms with Crippen LogP contribution in [0.3, 0.4) is 0 Å². The van der Waals surface area contributed by atoms with Gasteiger partial charge in [0.05, 0.1) is 5.56 Å². The topological polar surface area (TPSA) is 105 Å². The first-order valence-electron chi connectivity index (χ1n) is 10.1. The predicted molar refractivity (Wildman–Crippen MR) is 113 cm³/mol. The summed E-state index contributed by atoms with van der Waals surface area (Å²) in [6.07, 6.45) is -5.59. The minimum atomic E-state index is -4.51. The molecule has 0 spiro atoms. The van der Waals surface area contributed by atoms with Gasteiger partial charge in [0, 0.05) is 6.42 Å². The fourth-order valence-corrected chi connectivity index (χ4v) is 2.95.